The highest BCUT2D eigenvalue weighted by molar-refractivity contribution is 5.98. The summed E-state index contributed by atoms with van der Waals surface area (Å²) in [6.07, 6.45) is 7.27. The zero-order valence-electron chi connectivity index (χ0n) is 15.7. The summed E-state index contributed by atoms with van der Waals surface area (Å²) in [5, 5.41) is 2.29. The lowest BCUT2D eigenvalue weighted by Crippen LogP contribution is -2.47. The lowest BCUT2D eigenvalue weighted by Gasteiger charge is -2.41. The second-order valence-corrected chi connectivity index (χ2v) is 7.53. The third kappa shape index (κ3) is 2.70. The van der Waals surface area contributed by atoms with Crippen molar-refractivity contribution in [1.82, 2.24) is 14.5 Å². The molecule has 1 aliphatic rings. The highest BCUT2D eigenvalue weighted by Crippen LogP contribution is 2.39. The quantitative estimate of drug-likeness (QED) is 0.562. The maximum atomic E-state index is 6.39. The predicted molar refractivity (Wildman–Crippen MR) is 107 cm³/mol. The molecule has 1 saturated carbocycles. The Morgan fingerprint density at radius 3 is 2.85 bits per heavy atom. The van der Waals surface area contributed by atoms with Crippen molar-refractivity contribution in [2.45, 2.75) is 24.9 Å². The van der Waals surface area contributed by atoms with E-state index in [1.54, 1.807) is 7.11 Å². The normalized spacial score (nSPS) is 15.9. The second kappa shape index (κ2) is 6.13. The predicted octanol–water partition coefficient (Wildman–Crippen LogP) is 4.67. The van der Waals surface area contributed by atoms with Crippen LogP contribution in [0.5, 0.6) is 5.75 Å². The fourth-order valence-corrected chi connectivity index (χ4v) is 4.11. The number of aromatic nitrogens is 3. The molecular formula is C22H23N3O2. The summed E-state index contributed by atoms with van der Waals surface area (Å²) < 4.78 is 13.9. The molecule has 0 amide bonds. The molecule has 0 atom stereocenters. The van der Waals surface area contributed by atoms with Gasteiger partial charge >= 0.3 is 0 Å². The van der Waals surface area contributed by atoms with E-state index in [2.05, 4.69) is 58.1 Å². The first-order valence-electron chi connectivity index (χ1n) is 9.39. The molecule has 1 N–H and O–H groups in total. The number of rotatable bonds is 5. The zero-order chi connectivity index (χ0) is 18.4. The Labute approximate surface area is 157 Å². The van der Waals surface area contributed by atoms with Gasteiger partial charge in [0.25, 0.3) is 0 Å². The number of hydrogen-bond acceptors (Lipinski definition) is 3. The number of pyridine rings is 1. The zero-order valence-corrected chi connectivity index (χ0v) is 15.7. The van der Waals surface area contributed by atoms with Crippen LogP contribution in [0.15, 0.2) is 48.8 Å². The summed E-state index contributed by atoms with van der Waals surface area (Å²) in [6, 6.07) is 12.5. The summed E-state index contributed by atoms with van der Waals surface area (Å²) in [7, 11) is 3.82. The first-order valence-corrected chi connectivity index (χ1v) is 9.39. The fraction of sp³-hybridized carbons (Fsp3) is 0.318. The van der Waals surface area contributed by atoms with Crippen LogP contribution in [0.1, 0.15) is 19.3 Å². The molecule has 3 aromatic heterocycles. The van der Waals surface area contributed by atoms with Gasteiger partial charge in [-0.2, -0.15) is 0 Å². The molecular weight excluding hydrogens is 338 g/mol. The fourth-order valence-electron chi connectivity index (χ4n) is 4.11. The number of ether oxygens (including phenoxy) is 2. The molecule has 5 rings (SSSR count). The lowest BCUT2D eigenvalue weighted by atomic mass is 9.80. The minimum atomic E-state index is -0.164. The van der Waals surface area contributed by atoms with Gasteiger partial charge in [0.1, 0.15) is 17.0 Å². The molecule has 138 valence electrons. The SMILES string of the molecule is COCC1(Oc2ccc3c(c2)c(-c2cc4cccnc4[nH]2)cn3C)CCC1. The second-order valence-electron chi connectivity index (χ2n) is 7.53. The van der Waals surface area contributed by atoms with Crippen molar-refractivity contribution in [2.24, 2.45) is 7.05 Å². The van der Waals surface area contributed by atoms with Crippen molar-refractivity contribution < 1.29 is 9.47 Å². The van der Waals surface area contributed by atoms with E-state index in [9.17, 15) is 0 Å². The average molecular weight is 361 g/mol. The molecule has 1 fully saturated rings. The minimum Gasteiger partial charge on any atom is -0.485 e. The van der Waals surface area contributed by atoms with Crippen LogP contribution in [0.3, 0.4) is 0 Å². The van der Waals surface area contributed by atoms with Gasteiger partial charge < -0.3 is 19.0 Å². The number of fused-ring (bicyclic) bond motifs is 2. The van der Waals surface area contributed by atoms with Crippen molar-refractivity contribution in [3.05, 3.63) is 48.8 Å². The molecule has 4 aromatic rings. The average Bonchev–Trinajstić information content (AvgIpc) is 3.21. The first kappa shape index (κ1) is 16.4. The number of nitrogens with zero attached hydrogens (tertiary/aromatic N) is 2. The molecule has 5 heteroatoms. The Bertz CT molecular complexity index is 1090. The number of aryl methyl sites for hydroxylation is 1. The lowest BCUT2D eigenvalue weighted by molar-refractivity contribution is -0.0644. The Morgan fingerprint density at radius 2 is 2.11 bits per heavy atom. The summed E-state index contributed by atoms with van der Waals surface area (Å²) in [5.41, 5.74) is 4.15. The van der Waals surface area contributed by atoms with Gasteiger partial charge in [-0.15, -0.1) is 0 Å². The van der Waals surface area contributed by atoms with Crippen LogP contribution in [-0.2, 0) is 11.8 Å². The Kier molecular flexibility index (Phi) is 3.72. The summed E-state index contributed by atoms with van der Waals surface area (Å²) in [5.74, 6) is 0.904. The van der Waals surface area contributed by atoms with E-state index < -0.39 is 0 Å². The molecule has 0 aliphatic heterocycles. The number of benzene rings is 1. The van der Waals surface area contributed by atoms with Crippen molar-refractivity contribution in [3.63, 3.8) is 0 Å². The summed E-state index contributed by atoms with van der Waals surface area (Å²) in [6.45, 7) is 0.639. The molecule has 27 heavy (non-hydrogen) atoms. The number of nitrogens with one attached hydrogen (secondary N) is 1. The highest BCUT2D eigenvalue weighted by atomic mass is 16.5. The van der Waals surface area contributed by atoms with Gasteiger partial charge in [0.2, 0.25) is 0 Å². The monoisotopic (exact) mass is 361 g/mol. The van der Waals surface area contributed by atoms with Gasteiger partial charge in [-0.25, -0.2) is 4.98 Å². The molecule has 0 spiro atoms. The Balaban J connectivity index is 1.58. The summed E-state index contributed by atoms with van der Waals surface area (Å²) >= 11 is 0. The molecule has 1 aliphatic carbocycles. The van der Waals surface area contributed by atoms with Crippen molar-refractivity contribution >= 4 is 21.9 Å². The minimum absolute atomic E-state index is 0.164. The van der Waals surface area contributed by atoms with Crippen LogP contribution in [-0.4, -0.2) is 33.9 Å². The third-order valence-corrected chi connectivity index (χ3v) is 5.65. The molecule has 0 saturated heterocycles. The first-order chi connectivity index (χ1) is 13.2. The Morgan fingerprint density at radius 1 is 1.22 bits per heavy atom. The third-order valence-electron chi connectivity index (χ3n) is 5.65. The van der Waals surface area contributed by atoms with Gasteiger partial charge in [0.15, 0.2) is 0 Å². The van der Waals surface area contributed by atoms with Crippen LogP contribution in [0, 0.1) is 0 Å². The maximum Gasteiger partial charge on any atom is 0.137 e. The smallest absolute Gasteiger partial charge is 0.137 e. The topological polar surface area (TPSA) is 52.1 Å². The van der Waals surface area contributed by atoms with E-state index in [1.807, 2.05) is 12.3 Å². The molecule has 0 radical (unpaired) electrons. The molecule has 1 aromatic carbocycles. The van der Waals surface area contributed by atoms with Crippen LogP contribution in [0.2, 0.25) is 0 Å². The van der Waals surface area contributed by atoms with E-state index in [-0.39, 0.29) is 5.60 Å². The van der Waals surface area contributed by atoms with Gasteiger partial charge in [0, 0.05) is 54.1 Å². The largest absolute Gasteiger partial charge is 0.485 e. The number of methoxy groups -OCH3 is 1. The maximum absolute atomic E-state index is 6.39. The van der Waals surface area contributed by atoms with Crippen LogP contribution >= 0.6 is 0 Å². The van der Waals surface area contributed by atoms with Crippen LogP contribution in [0.25, 0.3) is 33.2 Å². The van der Waals surface area contributed by atoms with Crippen molar-refractivity contribution in [1.29, 1.82) is 0 Å². The van der Waals surface area contributed by atoms with Gasteiger partial charge in [-0.1, -0.05) is 0 Å². The van der Waals surface area contributed by atoms with E-state index in [1.165, 1.54) is 17.3 Å². The number of aromatic amines is 1. The van der Waals surface area contributed by atoms with Crippen molar-refractivity contribution in [2.75, 3.05) is 13.7 Å². The van der Waals surface area contributed by atoms with E-state index in [4.69, 9.17) is 9.47 Å². The van der Waals surface area contributed by atoms with Crippen LogP contribution < -0.4 is 4.74 Å². The van der Waals surface area contributed by atoms with Gasteiger partial charge in [-0.3, -0.25) is 0 Å². The van der Waals surface area contributed by atoms with Gasteiger partial charge in [-0.05, 0) is 55.7 Å². The number of H-pyrrole nitrogens is 1. The highest BCUT2D eigenvalue weighted by Gasteiger charge is 2.39. The molecule has 3 heterocycles. The van der Waals surface area contributed by atoms with Gasteiger partial charge in [0.05, 0.1) is 6.61 Å². The van der Waals surface area contributed by atoms with E-state index >= 15 is 0 Å². The van der Waals surface area contributed by atoms with E-state index in [0.29, 0.717) is 6.61 Å². The standard InChI is InChI=1S/C22H23N3O2/c1-25-13-18(19-11-15-5-3-10-23-21(15)24-19)17-12-16(6-7-20(17)25)27-22(14-26-2)8-4-9-22/h3,5-7,10-13H,4,8-9,14H2,1-2H3,(H,23,24). The molecule has 5 nitrogen and oxygen atoms in total. The van der Waals surface area contributed by atoms with Crippen LogP contribution in [0.4, 0.5) is 0 Å². The van der Waals surface area contributed by atoms with E-state index in [0.717, 1.165) is 40.9 Å². The number of hydrogen-bond donors (Lipinski definition) is 1. The van der Waals surface area contributed by atoms with Crippen molar-refractivity contribution in [3.8, 4) is 17.0 Å². The Hall–Kier alpha value is -2.79. The summed E-state index contributed by atoms with van der Waals surface area (Å²) in [4.78, 5) is 7.86. The molecule has 0 bridgehead atoms. The molecule has 0 unspecified atom stereocenters.